The summed E-state index contributed by atoms with van der Waals surface area (Å²) in [5, 5.41) is 1.11. The number of thiol groups is 1. The van der Waals surface area contributed by atoms with Crippen LogP contribution in [0.3, 0.4) is 0 Å². The summed E-state index contributed by atoms with van der Waals surface area (Å²) in [7, 11) is 3.11. The molecule has 0 aliphatic heterocycles. The highest BCUT2D eigenvalue weighted by atomic mass is 32.1. The van der Waals surface area contributed by atoms with Crippen LogP contribution in [0, 0.1) is 0 Å². The highest BCUT2D eigenvalue weighted by molar-refractivity contribution is 7.80. The van der Waals surface area contributed by atoms with E-state index in [-0.39, 0.29) is 6.09 Å². The molecular formula is C13H16N2O2S. The maximum absolute atomic E-state index is 11.2. The first-order chi connectivity index (χ1) is 8.61. The number of amides is 1. The van der Waals surface area contributed by atoms with E-state index in [4.69, 9.17) is 0 Å². The lowest BCUT2D eigenvalue weighted by atomic mass is 10.1. The molecule has 4 nitrogen and oxygen atoms in total. The van der Waals surface area contributed by atoms with Crippen molar-refractivity contribution in [3.63, 3.8) is 0 Å². The molecule has 0 aliphatic rings. The summed E-state index contributed by atoms with van der Waals surface area (Å²) in [4.78, 5) is 16.9. The summed E-state index contributed by atoms with van der Waals surface area (Å²) >= 11 is 4.39. The Kier molecular flexibility index (Phi) is 3.81. The molecule has 0 atom stereocenters. The number of carbonyl (C=O) groups is 1. The maximum atomic E-state index is 11.2. The van der Waals surface area contributed by atoms with Crippen molar-refractivity contribution in [2.45, 2.75) is 11.3 Å². The maximum Gasteiger partial charge on any atom is 0.409 e. The molecule has 2 aromatic rings. The number of nitrogens with one attached hydrogen (secondary N) is 1. The number of rotatable bonds is 3. The molecule has 0 bridgehead atoms. The van der Waals surface area contributed by atoms with Crippen LogP contribution in [0.5, 0.6) is 0 Å². The van der Waals surface area contributed by atoms with Crippen LogP contribution in [0.2, 0.25) is 0 Å². The molecule has 0 fully saturated rings. The molecular weight excluding hydrogens is 248 g/mol. The zero-order valence-electron chi connectivity index (χ0n) is 10.4. The van der Waals surface area contributed by atoms with E-state index in [9.17, 15) is 4.79 Å². The van der Waals surface area contributed by atoms with E-state index in [1.807, 2.05) is 12.3 Å². The van der Waals surface area contributed by atoms with Crippen LogP contribution in [0.15, 0.2) is 29.3 Å². The molecule has 1 aromatic heterocycles. The smallest absolute Gasteiger partial charge is 0.409 e. The van der Waals surface area contributed by atoms with E-state index in [1.54, 1.807) is 11.9 Å². The minimum Gasteiger partial charge on any atom is -0.453 e. The zero-order valence-corrected chi connectivity index (χ0v) is 11.3. The Hall–Kier alpha value is -1.62. The second-order valence-corrected chi connectivity index (χ2v) is 4.68. The Labute approximate surface area is 111 Å². The predicted molar refractivity (Wildman–Crippen MR) is 74.3 cm³/mol. The Morgan fingerprint density at radius 2 is 2.28 bits per heavy atom. The lowest BCUT2D eigenvalue weighted by molar-refractivity contribution is 0.134. The first-order valence-corrected chi connectivity index (χ1v) is 6.14. The van der Waals surface area contributed by atoms with E-state index in [0.29, 0.717) is 6.54 Å². The van der Waals surface area contributed by atoms with Crippen LogP contribution < -0.4 is 0 Å². The number of hydrogen-bond acceptors (Lipinski definition) is 3. The molecule has 0 saturated carbocycles. The third-order valence-electron chi connectivity index (χ3n) is 2.95. The van der Waals surface area contributed by atoms with Gasteiger partial charge >= 0.3 is 6.09 Å². The average molecular weight is 264 g/mol. The molecule has 0 spiro atoms. The van der Waals surface area contributed by atoms with Crippen molar-refractivity contribution < 1.29 is 9.53 Å². The number of hydrogen-bond donors (Lipinski definition) is 2. The summed E-state index contributed by atoms with van der Waals surface area (Å²) in [6, 6.07) is 6.18. The highest BCUT2D eigenvalue weighted by Crippen LogP contribution is 2.22. The lowest BCUT2D eigenvalue weighted by Gasteiger charge is -2.15. The van der Waals surface area contributed by atoms with E-state index in [0.717, 1.165) is 22.2 Å². The van der Waals surface area contributed by atoms with Gasteiger partial charge < -0.3 is 14.6 Å². The number of aromatic nitrogens is 1. The Bertz CT molecular complexity index is 565. The fourth-order valence-corrected chi connectivity index (χ4v) is 2.10. The lowest BCUT2D eigenvalue weighted by Crippen LogP contribution is -2.28. The van der Waals surface area contributed by atoms with Crippen LogP contribution >= 0.6 is 12.6 Å². The normalized spacial score (nSPS) is 10.6. The van der Waals surface area contributed by atoms with E-state index >= 15 is 0 Å². The van der Waals surface area contributed by atoms with Crippen molar-refractivity contribution in [1.82, 2.24) is 9.88 Å². The first kappa shape index (κ1) is 12.8. The van der Waals surface area contributed by atoms with Gasteiger partial charge in [-0.3, -0.25) is 0 Å². The summed E-state index contributed by atoms with van der Waals surface area (Å²) in [6.45, 7) is 0.629. The number of likely N-dealkylation sites (N-methyl/N-ethyl adjacent to an activating group) is 1. The molecule has 1 N–H and O–H groups in total. The van der Waals surface area contributed by atoms with Gasteiger partial charge in [-0.25, -0.2) is 4.79 Å². The highest BCUT2D eigenvalue weighted by Gasteiger charge is 2.08. The number of aromatic amines is 1. The molecule has 1 amide bonds. The molecule has 0 unspecified atom stereocenters. The number of fused-ring (bicyclic) bond motifs is 1. The minimum absolute atomic E-state index is 0.312. The third-order valence-corrected chi connectivity index (χ3v) is 3.32. The fourth-order valence-electron chi connectivity index (χ4n) is 1.85. The van der Waals surface area contributed by atoms with Crippen LogP contribution in [0.25, 0.3) is 10.9 Å². The topological polar surface area (TPSA) is 45.3 Å². The van der Waals surface area contributed by atoms with Crippen LogP contribution in [0.1, 0.15) is 5.56 Å². The van der Waals surface area contributed by atoms with Gasteiger partial charge in [0.25, 0.3) is 0 Å². The summed E-state index contributed by atoms with van der Waals surface area (Å²) in [6.07, 6.45) is 2.35. The van der Waals surface area contributed by atoms with Gasteiger partial charge in [-0.05, 0) is 24.1 Å². The fraction of sp³-hybridized carbons (Fsp3) is 0.308. The Balaban J connectivity index is 2.08. The van der Waals surface area contributed by atoms with Gasteiger partial charge in [0.05, 0.1) is 7.11 Å². The molecule has 0 saturated heterocycles. The van der Waals surface area contributed by atoms with Crippen LogP contribution in [0.4, 0.5) is 4.79 Å². The number of methoxy groups -OCH3 is 1. The number of ether oxygens (including phenoxy) is 1. The largest absolute Gasteiger partial charge is 0.453 e. The van der Waals surface area contributed by atoms with Gasteiger partial charge in [0.15, 0.2) is 0 Å². The van der Waals surface area contributed by atoms with Gasteiger partial charge in [-0.15, -0.1) is 12.6 Å². The first-order valence-electron chi connectivity index (χ1n) is 5.70. The van der Waals surface area contributed by atoms with Crippen molar-refractivity contribution in [2.24, 2.45) is 0 Å². The van der Waals surface area contributed by atoms with Crippen molar-refractivity contribution in [2.75, 3.05) is 20.7 Å². The molecule has 0 aliphatic carbocycles. The number of benzene rings is 1. The second-order valence-electron chi connectivity index (χ2n) is 4.20. The molecule has 2 rings (SSSR count). The third kappa shape index (κ3) is 2.61. The summed E-state index contributed by atoms with van der Waals surface area (Å²) in [5.74, 6) is 0. The monoisotopic (exact) mass is 264 g/mol. The minimum atomic E-state index is -0.312. The van der Waals surface area contributed by atoms with Gasteiger partial charge in [-0.1, -0.05) is 6.07 Å². The summed E-state index contributed by atoms with van der Waals surface area (Å²) in [5.41, 5.74) is 2.25. The standard InChI is InChI=1S/C13H16N2O2S/c1-15(13(16)17-2)6-5-9-3-4-11-10(7-9)12(18)8-14-11/h3-4,7-8,14,18H,5-6H2,1-2H3. The summed E-state index contributed by atoms with van der Waals surface area (Å²) < 4.78 is 4.65. The molecule has 1 heterocycles. The zero-order chi connectivity index (χ0) is 13.1. The average Bonchev–Trinajstić information content (AvgIpc) is 2.76. The Morgan fingerprint density at radius 3 is 3.00 bits per heavy atom. The van der Waals surface area contributed by atoms with Gasteiger partial charge in [-0.2, -0.15) is 0 Å². The van der Waals surface area contributed by atoms with Gasteiger partial charge in [0.1, 0.15) is 0 Å². The van der Waals surface area contributed by atoms with E-state index in [2.05, 4.69) is 34.5 Å². The van der Waals surface area contributed by atoms with E-state index < -0.39 is 0 Å². The van der Waals surface area contributed by atoms with Gasteiger partial charge in [0.2, 0.25) is 0 Å². The molecule has 0 radical (unpaired) electrons. The predicted octanol–water partition coefficient (Wildman–Crippen LogP) is 2.70. The van der Waals surface area contributed by atoms with Crippen molar-refractivity contribution in [3.8, 4) is 0 Å². The SMILES string of the molecule is COC(=O)N(C)CCc1ccc2[nH]cc(S)c2c1. The van der Waals surface area contributed by atoms with E-state index in [1.165, 1.54) is 12.7 Å². The molecule has 18 heavy (non-hydrogen) atoms. The van der Waals surface area contributed by atoms with Crippen molar-refractivity contribution in [3.05, 3.63) is 30.0 Å². The second kappa shape index (κ2) is 5.35. The molecule has 1 aromatic carbocycles. The van der Waals surface area contributed by atoms with Crippen molar-refractivity contribution >= 4 is 29.6 Å². The molecule has 96 valence electrons. The number of carbonyl (C=O) groups excluding carboxylic acids is 1. The number of nitrogens with zero attached hydrogens (tertiary/aromatic N) is 1. The molecule has 5 heteroatoms. The Morgan fingerprint density at radius 1 is 1.50 bits per heavy atom. The van der Waals surface area contributed by atoms with Crippen molar-refractivity contribution in [1.29, 1.82) is 0 Å². The van der Waals surface area contributed by atoms with Crippen LogP contribution in [-0.2, 0) is 11.2 Å². The van der Waals surface area contributed by atoms with Gasteiger partial charge in [0, 0.05) is 35.6 Å². The quantitative estimate of drug-likeness (QED) is 0.837. The van der Waals surface area contributed by atoms with Crippen LogP contribution in [-0.4, -0.2) is 36.7 Å². The number of H-pyrrole nitrogens is 1.